The first kappa shape index (κ1) is 10.5. The third-order valence-electron chi connectivity index (χ3n) is 2.62. The Balaban J connectivity index is 2.27. The molecule has 0 fully saturated rings. The number of pyridine rings is 1. The highest BCUT2D eigenvalue weighted by Gasteiger charge is 2.14. The van der Waals surface area contributed by atoms with Crippen LogP contribution in [0.25, 0.3) is 16.9 Å². The lowest BCUT2D eigenvalue weighted by molar-refractivity contribution is 0.0698. The highest BCUT2D eigenvalue weighted by atomic mass is 16.4. The van der Waals surface area contributed by atoms with Crippen LogP contribution in [0.3, 0.4) is 0 Å². The predicted molar refractivity (Wildman–Crippen MR) is 62.3 cm³/mol. The number of fused-ring (bicyclic) bond motifs is 1. The quantitative estimate of drug-likeness (QED) is 0.703. The highest BCUT2D eigenvalue weighted by molar-refractivity contribution is 5.95. The highest BCUT2D eigenvalue weighted by Crippen LogP contribution is 2.21. The summed E-state index contributed by atoms with van der Waals surface area (Å²) in [7, 11) is 0. The molecule has 0 bridgehead atoms. The molecule has 0 atom stereocenters. The molecular formula is C11H9N5O2. The monoisotopic (exact) mass is 243 g/mol. The van der Waals surface area contributed by atoms with Gasteiger partial charge in [0, 0.05) is 11.8 Å². The second-order valence-electron chi connectivity index (χ2n) is 3.90. The van der Waals surface area contributed by atoms with Gasteiger partial charge in [-0.1, -0.05) is 0 Å². The molecule has 3 aromatic rings. The summed E-state index contributed by atoms with van der Waals surface area (Å²) in [5.74, 6) is -1.04. The van der Waals surface area contributed by atoms with Crippen molar-refractivity contribution in [2.75, 3.05) is 0 Å². The van der Waals surface area contributed by atoms with Gasteiger partial charge >= 0.3 is 5.97 Å². The summed E-state index contributed by atoms with van der Waals surface area (Å²) in [6, 6.07) is 3.39. The number of hydrogen-bond donors (Lipinski definition) is 2. The Morgan fingerprint density at radius 1 is 1.44 bits per heavy atom. The number of aryl methyl sites for hydroxylation is 1. The number of rotatable bonds is 2. The van der Waals surface area contributed by atoms with Crippen LogP contribution in [0, 0.1) is 6.92 Å². The molecular weight excluding hydrogens is 234 g/mol. The van der Waals surface area contributed by atoms with Crippen molar-refractivity contribution in [2.24, 2.45) is 0 Å². The average Bonchev–Trinajstić information content (AvgIpc) is 2.95. The fourth-order valence-corrected chi connectivity index (χ4v) is 1.80. The summed E-state index contributed by atoms with van der Waals surface area (Å²) >= 11 is 0. The van der Waals surface area contributed by atoms with E-state index in [2.05, 4.69) is 20.3 Å². The molecule has 2 N–H and O–H groups in total. The van der Waals surface area contributed by atoms with Crippen LogP contribution in [0.2, 0.25) is 0 Å². The van der Waals surface area contributed by atoms with E-state index in [9.17, 15) is 9.90 Å². The molecule has 0 saturated heterocycles. The molecule has 0 amide bonds. The summed E-state index contributed by atoms with van der Waals surface area (Å²) < 4.78 is 1.44. The van der Waals surface area contributed by atoms with Gasteiger partial charge in [-0.15, -0.1) is 0 Å². The van der Waals surface area contributed by atoms with E-state index in [4.69, 9.17) is 0 Å². The molecule has 3 rings (SSSR count). The lowest BCUT2D eigenvalue weighted by atomic mass is 10.1. The van der Waals surface area contributed by atoms with Crippen LogP contribution in [0.1, 0.15) is 16.1 Å². The predicted octanol–water partition coefficient (Wildman–Crippen LogP) is 1.13. The Bertz CT molecular complexity index is 743. The van der Waals surface area contributed by atoms with Gasteiger partial charge in [0.2, 0.25) is 0 Å². The van der Waals surface area contributed by atoms with Crippen LogP contribution < -0.4 is 0 Å². The van der Waals surface area contributed by atoms with Crippen LogP contribution in [-0.2, 0) is 0 Å². The van der Waals surface area contributed by atoms with Gasteiger partial charge in [0.15, 0.2) is 5.65 Å². The summed E-state index contributed by atoms with van der Waals surface area (Å²) in [4.78, 5) is 15.1. The normalized spacial score (nSPS) is 10.9. The van der Waals surface area contributed by atoms with Gasteiger partial charge in [-0.05, 0) is 19.1 Å². The average molecular weight is 243 g/mol. The number of aromatic carboxylic acids is 1. The number of aromatic nitrogens is 5. The number of H-pyrrole nitrogens is 1. The van der Waals surface area contributed by atoms with E-state index in [1.807, 2.05) is 13.0 Å². The Kier molecular flexibility index (Phi) is 2.12. The molecule has 0 aliphatic rings. The van der Waals surface area contributed by atoms with Crippen LogP contribution in [0.4, 0.5) is 0 Å². The summed E-state index contributed by atoms with van der Waals surface area (Å²) in [6.07, 6.45) is 3.03. The largest absolute Gasteiger partial charge is 0.478 e. The Morgan fingerprint density at radius 3 is 2.94 bits per heavy atom. The fraction of sp³-hybridized carbons (Fsp3) is 0.0909. The summed E-state index contributed by atoms with van der Waals surface area (Å²) in [5.41, 5.74) is 2.71. The third kappa shape index (κ3) is 1.53. The zero-order valence-electron chi connectivity index (χ0n) is 9.45. The Morgan fingerprint density at radius 2 is 2.28 bits per heavy atom. The minimum atomic E-state index is -1.04. The maximum absolute atomic E-state index is 11.2. The van der Waals surface area contributed by atoms with Gasteiger partial charge < -0.3 is 5.11 Å². The molecule has 0 saturated carbocycles. The van der Waals surface area contributed by atoms with Crippen molar-refractivity contribution in [1.82, 2.24) is 24.8 Å². The second-order valence-corrected chi connectivity index (χ2v) is 3.90. The molecule has 3 heterocycles. The summed E-state index contributed by atoms with van der Waals surface area (Å²) in [5, 5.41) is 20.0. The molecule has 0 radical (unpaired) electrons. The number of nitrogens with zero attached hydrogens (tertiary/aromatic N) is 4. The van der Waals surface area contributed by atoms with E-state index in [1.54, 1.807) is 12.3 Å². The van der Waals surface area contributed by atoms with Crippen molar-refractivity contribution >= 4 is 11.6 Å². The van der Waals surface area contributed by atoms with E-state index in [0.29, 0.717) is 11.2 Å². The van der Waals surface area contributed by atoms with Gasteiger partial charge in [-0.25, -0.2) is 14.3 Å². The van der Waals surface area contributed by atoms with E-state index in [0.717, 1.165) is 11.4 Å². The van der Waals surface area contributed by atoms with E-state index < -0.39 is 5.97 Å². The van der Waals surface area contributed by atoms with Gasteiger partial charge in [0.1, 0.15) is 11.9 Å². The maximum atomic E-state index is 11.2. The standard InChI is InChI=1S/C11H9N5O2/c1-6-2-9(15-14-6)7-3-8(11(17)18)10-12-5-13-16(10)4-7/h2-5H,1H3,(H,14,15)(H,17,18). The number of nitrogens with one attached hydrogen (secondary N) is 1. The topological polar surface area (TPSA) is 96.2 Å². The van der Waals surface area contributed by atoms with Crippen LogP contribution >= 0.6 is 0 Å². The first-order valence-electron chi connectivity index (χ1n) is 5.24. The molecule has 0 aliphatic carbocycles. The first-order chi connectivity index (χ1) is 8.65. The van der Waals surface area contributed by atoms with Crippen molar-refractivity contribution in [1.29, 1.82) is 0 Å². The minimum absolute atomic E-state index is 0.109. The second kappa shape index (κ2) is 3.66. The van der Waals surface area contributed by atoms with Gasteiger partial charge in [-0.3, -0.25) is 5.10 Å². The molecule has 0 aromatic carbocycles. The number of carboxylic acids is 1. The van der Waals surface area contributed by atoms with E-state index in [-0.39, 0.29) is 5.56 Å². The van der Waals surface area contributed by atoms with Gasteiger partial charge in [-0.2, -0.15) is 10.2 Å². The van der Waals surface area contributed by atoms with E-state index >= 15 is 0 Å². The van der Waals surface area contributed by atoms with Crippen molar-refractivity contribution in [3.05, 3.63) is 35.9 Å². The van der Waals surface area contributed by atoms with Crippen molar-refractivity contribution in [3.63, 3.8) is 0 Å². The molecule has 90 valence electrons. The first-order valence-corrected chi connectivity index (χ1v) is 5.24. The van der Waals surface area contributed by atoms with Gasteiger partial charge in [0.05, 0.1) is 11.4 Å². The zero-order chi connectivity index (χ0) is 12.7. The lowest BCUT2D eigenvalue weighted by Crippen LogP contribution is -2.02. The zero-order valence-corrected chi connectivity index (χ0v) is 9.45. The number of carbonyl (C=O) groups is 1. The van der Waals surface area contributed by atoms with Gasteiger partial charge in [0.25, 0.3) is 0 Å². The smallest absolute Gasteiger partial charge is 0.339 e. The fourth-order valence-electron chi connectivity index (χ4n) is 1.80. The maximum Gasteiger partial charge on any atom is 0.339 e. The lowest BCUT2D eigenvalue weighted by Gasteiger charge is -2.02. The Hall–Kier alpha value is -2.70. The molecule has 7 nitrogen and oxygen atoms in total. The molecule has 3 aromatic heterocycles. The van der Waals surface area contributed by atoms with Crippen LogP contribution in [0.5, 0.6) is 0 Å². The summed E-state index contributed by atoms with van der Waals surface area (Å²) in [6.45, 7) is 1.85. The number of carboxylic acid groups (broad SMARTS) is 1. The van der Waals surface area contributed by atoms with Crippen molar-refractivity contribution < 1.29 is 9.90 Å². The van der Waals surface area contributed by atoms with Crippen LogP contribution in [-0.4, -0.2) is 35.9 Å². The van der Waals surface area contributed by atoms with E-state index in [1.165, 1.54) is 10.8 Å². The molecule has 0 aliphatic heterocycles. The number of hydrogen-bond acceptors (Lipinski definition) is 4. The molecule has 7 heteroatoms. The SMILES string of the molecule is Cc1cc(-c2cc(C(=O)O)c3ncnn3c2)[nH]n1. The number of aromatic amines is 1. The molecule has 0 unspecified atom stereocenters. The van der Waals surface area contributed by atoms with Crippen LogP contribution in [0.15, 0.2) is 24.7 Å². The molecule has 0 spiro atoms. The minimum Gasteiger partial charge on any atom is -0.478 e. The molecule has 18 heavy (non-hydrogen) atoms. The third-order valence-corrected chi connectivity index (χ3v) is 2.62. The Labute approximate surface area is 101 Å². The van der Waals surface area contributed by atoms with Crippen molar-refractivity contribution in [3.8, 4) is 11.3 Å². The van der Waals surface area contributed by atoms with Crippen molar-refractivity contribution in [2.45, 2.75) is 6.92 Å².